The van der Waals surface area contributed by atoms with E-state index in [4.69, 9.17) is 9.72 Å². The molecule has 2 heterocycles. The number of aryl methyl sites for hydroxylation is 1. The molecule has 0 N–H and O–H groups in total. The highest BCUT2D eigenvalue weighted by atomic mass is 16.5. The smallest absolute Gasteiger partial charge is 0.222 e. The standard InChI is InChI=1S/C23H27N3O2/c1-3-22(27)25-14-8-12-20(25)23-24-18-10-5-6-11-19(18)26(23)15-16-28-21-13-7-4-9-17(21)2/h4-7,9-11,13,20H,3,8,12,14-16H2,1-2H3. The Bertz CT molecular complexity index is 979. The number of carbonyl (C=O) groups excluding carboxylic acids is 1. The summed E-state index contributed by atoms with van der Waals surface area (Å²) in [6, 6.07) is 16.3. The van der Waals surface area contributed by atoms with Crippen molar-refractivity contribution >= 4 is 16.9 Å². The molecular weight excluding hydrogens is 350 g/mol. The summed E-state index contributed by atoms with van der Waals surface area (Å²) in [6.45, 7) is 6.07. The number of aromatic nitrogens is 2. The van der Waals surface area contributed by atoms with Gasteiger partial charge in [0.2, 0.25) is 5.91 Å². The van der Waals surface area contributed by atoms with Crippen LogP contribution in [0.15, 0.2) is 48.5 Å². The van der Waals surface area contributed by atoms with Crippen LogP contribution in [0.2, 0.25) is 0 Å². The number of ether oxygens (including phenoxy) is 1. The number of benzene rings is 2. The van der Waals surface area contributed by atoms with Crippen molar-refractivity contribution in [3.8, 4) is 5.75 Å². The van der Waals surface area contributed by atoms with E-state index in [-0.39, 0.29) is 11.9 Å². The number of hydrogen-bond acceptors (Lipinski definition) is 3. The number of amides is 1. The van der Waals surface area contributed by atoms with Crippen LogP contribution in [-0.2, 0) is 11.3 Å². The zero-order valence-corrected chi connectivity index (χ0v) is 16.6. The van der Waals surface area contributed by atoms with Gasteiger partial charge in [0.1, 0.15) is 18.2 Å². The molecule has 1 saturated heterocycles. The van der Waals surface area contributed by atoms with Crippen LogP contribution in [0.4, 0.5) is 0 Å². The molecule has 0 saturated carbocycles. The largest absolute Gasteiger partial charge is 0.491 e. The van der Waals surface area contributed by atoms with E-state index in [1.807, 2.05) is 48.2 Å². The second-order valence-electron chi connectivity index (χ2n) is 7.32. The summed E-state index contributed by atoms with van der Waals surface area (Å²) in [7, 11) is 0. The van der Waals surface area contributed by atoms with Gasteiger partial charge in [-0.15, -0.1) is 0 Å². The van der Waals surface area contributed by atoms with E-state index in [1.165, 1.54) is 0 Å². The Morgan fingerprint density at radius 2 is 1.96 bits per heavy atom. The summed E-state index contributed by atoms with van der Waals surface area (Å²) < 4.78 is 8.28. The molecule has 0 spiro atoms. The third-order valence-corrected chi connectivity index (χ3v) is 5.52. The highest BCUT2D eigenvalue weighted by Gasteiger charge is 2.32. The lowest BCUT2D eigenvalue weighted by molar-refractivity contribution is -0.131. The molecule has 1 unspecified atom stereocenters. The molecule has 2 aromatic carbocycles. The molecule has 146 valence electrons. The lowest BCUT2D eigenvalue weighted by atomic mass is 10.2. The van der Waals surface area contributed by atoms with Crippen LogP contribution >= 0.6 is 0 Å². The van der Waals surface area contributed by atoms with Gasteiger partial charge in [-0.3, -0.25) is 4.79 Å². The minimum absolute atomic E-state index is 0.0540. The predicted molar refractivity (Wildman–Crippen MR) is 110 cm³/mol. The maximum Gasteiger partial charge on any atom is 0.222 e. The minimum atomic E-state index is 0.0540. The lowest BCUT2D eigenvalue weighted by Crippen LogP contribution is -2.31. The Labute approximate surface area is 165 Å². The monoisotopic (exact) mass is 377 g/mol. The summed E-state index contributed by atoms with van der Waals surface area (Å²) in [5.41, 5.74) is 3.21. The van der Waals surface area contributed by atoms with Crippen LogP contribution in [0.1, 0.15) is 43.6 Å². The van der Waals surface area contributed by atoms with Crippen LogP contribution < -0.4 is 4.74 Å². The zero-order chi connectivity index (χ0) is 19.5. The van der Waals surface area contributed by atoms with E-state index < -0.39 is 0 Å². The molecule has 0 radical (unpaired) electrons. The molecule has 1 atom stereocenters. The van der Waals surface area contributed by atoms with Crippen LogP contribution in [0.3, 0.4) is 0 Å². The van der Waals surface area contributed by atoms with Gasteiger partial charge in [0.05, 0.1) is 23.6 Å². The van der Waals surface area contributed by atoms with Crippen LogP contribution in [0, 0.1) is 6.92 Å². The molecule has 1 amide bonds. The molecule has 5 nitrogen and oxygen atoms in total. The van der Waals surface area contributed by atoms with Crippen molar-refractivity contribution in [2.75, 3.05) is 13.2 Å². The van der Waals surface area contributed by atoms with Crippen molar-refractivity contribution < 1.29 is 9.53 Å². The Hall–Kier alpha value is -2.82. The molecule has 3 aromatic rings. The highest BCUT2D eigenvalue weighted by molar-refractivity contribution is 5.78. The van der Waals surface area contributed by atoms with Gasteiger partial charge >= 0.3 is 0 Å². The normalized spacial score (nSPS) is 16.6. The molecule has 28 heavy (non-hydrogen) atoms. The van der Waals surface area contributed by atoms with Crippen molar-refractivity contribution in [2.24, 2.45) is 0 Å². The van der Waals surface area contributed by atoms with Gasteiger partial charge < -0.3 is 14.2 Å². The van der Waals surface area contributed by atoms with Crippen molar-refractivity contribution in [3.05, 3.63) is 59.9 Å². The minimum Gasteiger partial charge on any atom is -0.491 e. The van der Waals surface area contributed by atoms with Crippen LogP contribution in [0.25, 0.3) is 11.0 Å². The quantitative estimate of drug-likeness (QED) is 0.635. The molecular formula is C23H27N3O2. The number of rotatable bonds is 6. The van der Waals surface area contributed by atoms with Gasteiger partial charge in [-0.1, -0.05) is 37.3 Å². The van der Waals surface area contributed by atoms with E-state index in [2.05, 4.69) is 23.6 Å². The van der Waals surface area contributed by atoms with Crippen LogP contribution in [-0.4, -0.2) is 33.5 Å². The summed E-state index contributed by atoms with van der Waals surface area (Å²) in [5.74, 6) is 2.10. The van der Waals surface area contributed by atoms with E-state index in [0.29, 0.717) is 19.6 Å². The summed E-state index contributed by atoms with van der Waals surface area (Å²) >= 11 is 0. The van der Waals surface area contributed by atoms with Crippen molar-refractivity contribution in [1.29, 1.82) is 0 Å². The fraction of sp³-hybridized carbons (Fsp3) is 0.391. The van der Waals surface area contributed by atoms with Gasteiger partial charge in [0.25, 0.3) is 0 Å². The number of nitrogens with zero attached hydrogens (tertiary/aromatic N) is 3. The van der Waals surface area contributed by atoms with Gasteiger partial charge in [0.15, 0.2) is 0 Å². The van der Waals surface area contributed by atoms with Crippen molar-refractivity contribution in [1.82, 2.24) is 14.5 Å². The number of carbonyl (C=O) groups is 1. The molecule has 1 aromatic heterocycles. The summed E-state index contributed by atoms with van der Waals surface area (Å²) in [4.78, 5) is 19.3. The van der Waals surface area contributed by atoms with E-state index in [1.54, 1.807) is 0 Å². The van der Waals surface area contributed by atoms with Gasteiger partial charge in [-0.25, -0.2) is 4.98 Å². The average molecular weight is 377 g/mol. The molecule has 5 heteroatoms. The molecule has 4 rings (SSSR count). The Morgan fingerprint density at radius 3 is 2.79 bits per heavy atom. The van der Waals surface area contributed by atoms with Gasteiger partial charge in [0, 0.05) is 13.0 Å². The number of fused-ring (bicyclic) bond motifs is 1. The topological polar surface area (TPSA) is 47.4 Å². The first-order valence-corrected chi connectivity index (χ1v) is 10.1. The number of imidazole rings is 1. The first-order chi connectivity index (χ1) is 13.7. The fourth-order valence-corrected chi connectivity index (χ4v) is 4.09. The van der Waals surface area contributed by atoms with Crippen molar-refractivity contribution in [2.45, 2.75) is 45.7 Å². The molecule has 1 aliphatic rings. The van der Waals surface area contributed by atoms with E-state index in [0.717, 1.165) is 47.6 Å². The Kier molecular flexibility index (Phi) is 5.33. The molecule has 1 fully saturated rings. The second-order valence-corrected chi connectivity index (χ2v) is 7.32. The van der Waals surface area contributed by atoms with Gasteiger partial charge in [-0.05, 0) is 43.5 Å². The van der Waals surface area contributed by atoms with Crippen molar-refractivity contribution in [3.63, 3.8) is 0 Å². The number of likely N-dealkylation sites (tertiary alicyclic amines) is 1. The second kappa shape index (κ2) is 8.05. The number of hydrogen-bond donors (Lipinski definition) is 0. The Balaban J connectivity index is 1.62. The average Bonchev–Trinajstić information content (AvgIpc) is 3.33. The summed E-state index contributed by atoms with van der Waals surface area (Å²) in [5, 5.41) is 0. The summed E-state index contributed by atoms with van der Waals surface area (Å²) in [6.07, 6.45) is 2.53. The third kappa shape index (κ3) is 3.49. The first-order valence-electron chi connectivity index (χ1n) is 10.1. The Morgan fingerprint density at radius 1 is 1.18 bits per heavy atom. The third-order valence-electron chi connectivity index (χ3n) is 5.52. The lowest BCUT2D eigenvalue weighted by Gasteiger charge is -2.25. The SMILES string of the molecule is CCC(=O)N1CCCC1c1nc2ccccc2n1CCOc1ccccc1C. The fourth-order valence-electron chi connectivity index (χ4n) is 4.09. The van der Waals surface area contributed by atoms with Crippen LogP contribution in [0.5, 0.6) is 5.75 Å². The molecule has 0 bridgehead atoms. The van der Waals surface area contributed by atoms with Gasteiger partial charge in [-0.2, -0.15) is 0 Å². The zero-order valence-electron chi connectivity index (χ0n) is 16.6. The maximum atomic E-state index is 12.4. The predicted octanol–water partition coefficient (Wildman–Crippen LogP) is 4.50. The number of para-hydroxylation sites is 3. The first kappa shape index (κ1) is 18.5. The van der Waals surface area contributed by atoms with E-state index >= 15 is 0 Å². The highest BCUT2D eigenvalue weighted by Crippen LogP contribution is 2.34. The molecule has 0 aliphatic carbocycles. The molecule has 1 aliphatic heterocycles. The maximum absolute atomic E-state index is 12.4. The van der Waals surface area contributed by atoms with E-state index in [9.17, 15) is 4.79 Å².